The van der Waals surface area contributed by atoms with Gasteiger partial charge in [-0.25, -0.2) is 10.5 Å². The second-order valence-corrected chi connectivity index (χ2v) is 9.01. The normalized spacial score (nSPS) is 12.1. The first-order chi connectivity index (χ1) is 15.6. The molecule has 33 heavy (non-hydrogen) atoms. The van der Waals surface area contributed by atoms with Gasteiger partial charge in [0.2, 0.25) is 0 Å². The number of benzene rings is 1. The summed E-state index contributed by atoms with van der Waals surface area (Å²) in [6.45, 7) is 4.59. The number of nitrogens with zero attached hydrogens (tertiary/aromatic N) is 3. The topological polar surface area (TPSA) is 199 Å². The number of hydrogen-bond acceptors (Lipinski definition) is 14. The lowest BCUT2D eigenvalue weighted by molar-refractivity contribution is -0.432. The van der Waals surface area contributed by atoms with Crippen LogP contribution in [-0.2, 0) is 41.2 Å². The van der Waals surface area contributed by atoms with E-state index in [-0.39, 0.29) is 51.1 Å². The van der Waals surface area contributed by atoms with Gasteiger partial charge >= 0.3 is 0 Å². The van der Waals surface area contributed by atoms with Gasteiger partial charge in [-0.1, -0.05) is 10.1 Å². The molecule has 14 nitrogen and oxygen atoms in total. The molecule has 0 fully saturated rings. The smallest absolute Gasteiger partial charge is 0.294 e. The molecule has 0 bridgehead atoms. The van der Waals surface area contributed by atoms with Gasteiger partial charge in [-0.3, -0.25) is 13.9 Å². The van der Waals surface area contributed by atoms with Crippen LogP contribution < -0.4 is 5.56 Å². The SMILES string of the molecule is CCn1c(O)c(CSOOO)c(C)c(N=Nc2cc(S(=O)(=O)O)c(C)cc2SOOO)c1=O. The van der Waals surface area contributed by atoms with Crippen LogP contribution >= 0.6 is 24.1 Å². The van der Waals surface area contributed by atoms with Crippen molar-refractivity contribution in [2.75, 3.05) is 0 Å². The fraction of sp³-hybridized carbons (Fsp3) is 0.312. The number of aryl methyl sites for hydroxylation is 1. The quantitative estimate of drug-likeness (QED) is 0.0824. The van der Waals surface area contributed by atoms with Crippen molar-refractivity contribution in [1.82, 2.24) is 4.57 Å². The average molecular weight is 526 g/mol. The highest BCUT2D eigenvalue weighted by Crippen LogP contribution is 2.36. The zero-order valence-corrected chi connectivity index (χ0v) is 19.7. The molecule has 17 heteroatoms. The Bertz CT molecular complexity index is 1200. The van der Waals surface area contributed by atoms with E-state index in [0.717, 1.165) is 10.6 Å². The molecule has 0 radical (unpaired) electrons. The maximum atomic E-state index is 12.8. The first kappa shape index (κ1) is 27.2. The standard InChI is InChI=1S/C16H19N3O11S3/c1-4-19-15(20)10(7-31-29-27-22)9(3)14(16(19)21)18-17-11-6-13(33(24,25)26)8(2)5-12(11)32-30-28-23/h5-6,20,22-23H,4,7H2,1-3H3,(H,24,25,26). The van der Waals surface area contributed by atoms with Crippen LogP contribution in [0.4, 0.5) is 11.4 Å². The molecule has 0 aliphatic rings. The van der Waals surface area contributed by atoms with Crippen molar-refractivity contribution >= 4 is 45.6 Å². The highest BCUT2D eigenvalue weighted by atomic mass is 32.2. The van der Waals surface area contributed by atoms with E-state index in [1.54, 1.807) is 6.92 Å². The minimum absolute atomic E-state index is 0.0404. The first-order valence-corrected chi connectivity index (χ1v) is 11.9. The summed E-state index contributed by atoms with van der Waals surface area (Å²) in [5.74, 6) is -0.386. The molecule has 0 saturated heterocycles. The Balaban J connectivity index is 2.66. The fourth-order valence-corrected chi connectivity index (χ4v) is 4.57. The van der Waals surface area contributed by atoms with E-state index in [2.05, 4.69) is 29.0 Å². The van der Waals surface area contributed by atoms with Crippen molar-refractivity contribution in [3.63, 3.8) is 0 Å². The van der Waals surface area contributed by atoms with Gasteiger partial charge in [-0.05, 0) is 44.0 Å². The third-order valence-corrected chi connectivity index (χ3v) is 6.52. The lowest BCUT2D eigenvalue weighted by Gasteiger charge is -2.14. The number of pyridine rings is 1. The third kappa shape index (κ3) is 6.51. The second kappa shape index (κ2) is 11.9. The number of aromatic nitrogens is 1. The molecule has 1 aromatic heterocycles. The summed E-state index contributed by atoms with van der Waals surface area (Å²) in [6.07, 6.45) is 0. The Hall–Kier alpha value is -2.06. The largest absolute Gasteiger partial charge is 0.494 e. The van der Waals surface area contributed by atoms with Crippen LogP contribution in [0.1, 0.15) is 23.6 Å². The summed E-state index contributed by atoms with van der Waals surface area (Å²) in [5.41, 5.74) is -0.402. The molecular weight excluding hydrogens is 506 g/mol. The first-order valence-electron chi connectivity index (χ1n) is 8.80. The van der Waals surface area contributed by atoms with Crippen molar-refractivity contribution in [2.24, 2.45) is 10.2 Å². The van der Waals surface area contributed by atoms with E-state index in [0.29, 0.717) is 24.1 Å². The van der Waals surface area contributed by atoms with Crippen molar-refractivity contribution in [1.29, 1.82) is 0 Å². The molecule has 0 saturated carbocycles. The van der Waals surface area contributed by atoms with Crippen molar-refractivity contribution < 1.29 is 47.3 Å². The average Bonchev–Trinajstić information content (AvgIpc) is 2.75. The Labute approximate surface area is 195 Å². The van der Waals surface area contributed by atoms with E-state index in [1.807, 2.05) is 0 Å². The predicted octanol–water partition coefficient (Wildman–Crippen LogP) is 3.85. The summed E-state index contributed by atoms with van der Waals surface area (Å²) in [7, 11) is -4.61. The van der Waals surface area contributed by atoms with E-state index in [9.17, 15) is 22.9 Å². The summed E-state index contributed by atoms with van der Waals surface area (Å²) in [4.78, 5) is 12.5. The molecule has 0 unspecified atom stereocenters. The van der Waals surface area contributed by atoms with Crippen LogP contribution in [-0.4, -0.2) is 33.2 Å². The second-order valence-electron chi connectivity index (χ2n) is 6.22. The maximum Gasteiger partial charge on any atom is 0.294 e. The molecule has 4 N–H and O–H groups in total. The number of azo groups is 1. The van der Waals surface area contributed by atoms with Gasteiger partial charge in [-0.2, -0.15) is 8.42 Å². The zero-order chi connectivity index (χ0) is 24.8. The van der Waals surface area contributed by atoms with Crippen LogP contribution in [0.5, 0.6) is 5.88 Å². The van der Waals surface area contributed by atoms with E-state index >= 15 is 0 Å². The highest BCUT2D eigenvalue weighted by Gasteiger charge is 2.21. The van der Waals surface area contributed by atoms with Crippen molar-refractivity contribution in [3.8, 4) is 5.88 Å². The Kier molecular flexibility index (Phi) is 9.79. The molecule has 0 amide bonds. The number of rotatable bonds is 11. The molecule has 1 aromatic carbocycles. The maximum absolute atomic E-state index is 12.8. The summed E-state index contributed by atoms with van der Waals surface area (Å²) in [6, 6.07) is 2.28. The molecule has 2 rings (SSSR count). The van der Waals surface area contributed by atoms with Gasteiger partial charge in [0.25, 0.3) is 15.7 Å². The monoisotopic (exact) mass is 525 g/mol. The molecule has 0 atom stereocenters. The van der Waals surface area contributed by atoms with Crippen LogP contribution in [0.2, 0.25) is 0 Å². The molecular formula is C16H19N3O11S3. The van der Waals surface area contributed by atoms with Gasteiger partial charge in [0.15, 0.2) is 11.6 Å². The summed E-state index contributed by atoms with van der Waals surface area (Å²) in [5, 5.41) is 42.0. The van der Waals surface area contributed by atoms with Gasteiger partial charge in [0, 0.05) is 24.2 Å². The van der Waals surface area contributed by atoms with Gasteiger partial charge < -0.3 is 5.11 Å². The van der Waals surface area contributed by atoms with E-state index in [4.69, 9.17) is 10.5 Å². The summed E-state index contributed by atoms with van der Waals surface area (Å²) >= 11 is 1.10. The molecule has 0 aliphatic carbocycles. The molecule has 2 aromatic rings. The zero-order valence-electron chi connectivity index (χ0n) is 17.3. The highest BCUT2D eigenvalue weighted by molar-refractivity contribution is 7.94. The Morgan fingerprint density at radius 3 is 2.36 bits per heavy atom. The minimum atomic E-state index is -4.61. The number of aromatic hydroxyl groups is 1. The molecule has 1 heterocycles. The molecule has 0 spiro atoms. The predicted molar refractivity (Wildman–Crippen MR) is 115 cm³/mol. The Morgan fingerprint density at radius 2 is 1.79 bits per heavy atom. The van der Waals surface area contributed by atoms with Crippen molar-refractivity contribution in [3.05, 3.63) is 39.2 Å². The third-order valence-electron chi connectivity index (χ3n) is 4.33. The summed E-state index contributed by atoms with van der Waals surface area (Å²) < 4.78 is 42.5. The van der Waals surface area contributed by atoms with Crippen LogP contribution in [0, 0.1) is 13.8 Å². The van der Waals surface area contributed by atoms with Gasteiger partial charge in [0.1, 0.15) is 5.69 Å². The van der Waals surface area contributed by atoms with Gasteiger partial charge in [0.05, 0.1) is 27.6 Å². The molecule has 0 aliphatic heterocycles. The van der Waals surface area contributed by atoms with Crippen molar-refractivity contribution in [2.45, 2.75) is 42.9 Å². The van der Waals surface area contributed by atoms with Crippen LogP contribution in [0.15, 0.2) is 36.9 Å². The van der Waals surface area contributed by atoms with Crippen LogP contribution in [0.25, 0.3) is 0 Å². The lowest BCUT2D eigenvalue weighted by Crippen LogP contribution is -2.21. The van der Waals surface area contributed by atoms with E-state index in [1.165, 1.54) is 19.9 Å². The molecule has 182 valence electrons. The van der Waals surface area contributed by atoms with E-state index < -0.39 is 20.6 Å². The number of hydrogen-bond donors (Lipinski definition) is 4. The fourth-order valence-electron chi connectivity index (χ4n) is 2.78. The van der Waals surface area contributed by atoms with Gasteiger partial charge in [-0.15, -0.1) is 18.9 Å². The van der Waals surface area contributed by atoms with Crippen LogP contribution in [0.3, 0.4) is 0 Å². The Morgan fingerprint density at radius 1 is 1.12 bits per heavy atom. The minimum Gasteiger partial charge on any atom is -0.494 e. The lowest BCUT2D eigenvalue weighted by atomic mass is 10.1.